The minimum absolute atomic E-state index is 0.0101. The van der Waals surface area contributed by atoms with Gasteiger partial charge in [-0.25, -0.2) is 9.69 Å². The Kier molecular flexibility index (Phi) is 5.96. The smallest absolute Gasteiger partial charge is 0.417 e. The Hall–Kier alpha value is -4.12. The molecule has 3 saturated heterocycles. The summed E-state index contributed by atoms with van der Waals surface area (Å²) in [6.45, 7) is 2.98. The number of imide groups is 1. The van der Waals surface area contributed by atoms with Crippen molar-refractivity contribution >= 4 is 29.3 Å². The van der Waals surface area contributed by atoms with E-state index in [0.717, 1.165) is 36.4 Å². The van der Waals surface area contributed by atoms with Crippen LogP contribution in [0.4, 0.5) is 42.5 Å². The summed E-state index contributed by atoms with van der Waals surface area (Å²) in [5, 5.41) is 11.4. The summed E-state index contributed by atoms with van der Waals surface area (Å²) in [4.78, 5) is 40.1. The number of amides is 3. The maximum Gasteiger partial charge on any atom is 0.417 e. The van der Waals surface area contributed by atoms with Crippen LogP contribution in [0.25, 0.3) is 0 Å². The number of nitrogens with one attached hydrogen (secondary N) is 1. The van der Waals surface area contributed by atoms with E-state index in [-0.39, 0.29) is 17.8 Å². The van der Waals surface area contributed by atoms with Crippen molar-refractivity contribution < 1.29 is 50.2 Å². The SMILES string of the molecule is C[C@]12O[C@](C)(C[C@H]1OC(=O)Nc1ccc(C(F)(F)F)cc1)C1C(=O)N(c3ccc(C#N)c(C(F)(F)F)c3)C(=O)[C@H]12. The number of nitriles is 1. The number of anilines is 2. The third kappa shape index (κ3) is 4.16. The monoisotopic (exact) mass is 567 g/mol. The molecule has 2 bridgehead atoms. The van der Waals surface area contributed by atoms with Crippen LogP contribution < -0.4 is 10.2 Å². The topological polar surface area (TPSA) is 109 Å². The number of carbonyl (C=O) groups excluding carboxylic acids is 3. The number of hydrogen-bond acceptors (Lipinski definition) is 6. The van der Waals surface area contributed by atoms with E-state index in [0.29, 0.717) is 11.0 Å². The van der Waals surface area contributed by atoms with Crippen LogP contribution in [0, 0.1) is 23.2 Å². The fraction of sp³-hybridized carbons (Fsp3) is 0.385. The van der Waals surface area contributed by atoms with Crippen LogP contribution in [0.1, 0.15) is 37.0 Å². The van der Waals surface area contributed by atoms with Crippen molar-refractivity contribution in [2.45, 2.75) is 49.9 Å². The molecular weight excluding hydrogens is 548 g/mol. The number of ether oxygens (including phenoxy) is 2. The molecular formula is C26H19F6N3O5. The van der Waals surface area contributed by atoms with Crippen molar-refractivity contribution in [2.24, 2.45) is 11.8 Å². The van der Waals surface area contributed by atoms with Gasteiger partial charge in [0.05, 0.1) is 45.9 Å². The molecule has 1 unspecified atom stereocenters. The number of alkyl halides is 6. The molecule has 1 N–H and O–H groups in total. The molecule has 2 aromatic rings. The highest BCUT2D eigenvalue weighted by Crippen LogP contribution is 2.62. The number of rotatable bonds is 3. The van der Waals surface area contributed by atoms with Gasteiger partial charge in [-0.15, -0.1) is 0 Å². The van der Waals surface area contributed by atoms with E-state index < -0.39 is 76.1 Å². The van der Waals surface area contributed by atoms with Gasteiger partial charge in [0.15, 0.2) is 0 Å². The van der Waals surface area contributed by atoms with E-state index in [1.165, 1.54) is 19.9 Å². The molecule has 0 saturated carbocycles. The summed E-state index contributed by atoms with van der Waals surface area (Å²) >= 11 is 0. The molecule has 3 fully saturated rings. The van der Waals surface area contributed by atoms with E-state index >= 15 is 0 Å². The summed E-state index contributed by atoms with van der Waals surface area (Å²) < 4.78 is 90.4. The highest BCUT2D eigenvalue weighted by atomic mass is 19.4. The third-order valence-corrected chi connectivity index (χ3v) is 7.66. The van der Waals surface area contributed by atoms with Gasteiger partial charge in [-0.2, -0.15) is 31.6 Å². The number of carbonyl (C=O) groups is 3. The van der Waals surface area contributed by atoms with E-state index in [1.807, 2.05) is 0 Å². The van der Waals surface area contributed by atoms with Crippen LogP contribution in [0.15, 0.2) is 42.5 Å². The Balaban J connectivity index is 1.38. The van der Waals surface area contributed by atoms with Gasteiger partial charge >= 0.3 is 18.4 Å². The molecule has 3 amide bonds. The molecule has 0 spiro atoms. The average Bonchev–Trinajstić information content (AvgIpc) is 3.37. The zero-order valence-electron chi connectivity index (χ0n) is 20.7. The summed E-state index contributed by atoms with van der Waals surface area (Å²) in [5.74, 6) is -3.91. The normalized spacial score (nSPS) is 29.4. The van der Waals surface area contributed by atoms with E-state index in [9.17, 15) is 40.7 Å². The Morgan fingerprint density at radius 2 is 1.65 bits per heavy atom. The van der Waals surface area contributed by atoms with Gasteiger partial charge in [0, 0.05) is 12.1 Å². The number of hydrogen-bond donors (Lipinski definition) is 1. The minimum atomic E-state index is -4.91. The molecule has 0 radical (unpaired) electrons. The molecule has 3 heterocycles. The summed E-state index contributed by atoms with van der Waals surface area (Å²) in [5.41, 5.74) is -6.08. The first-order valence-corrected chi connectivity index (χ1v) is 11.8. The number of benzene rings is 2. The summed E-state index contributed by atoms with van der Waals surface area (Å²) in [6, 6.07) is 7.55. The van der Waals surface area contributed by atoms with Gasteiger partial charge in [-0.05, 0) is 56.3 Å². The molecule has 0 aliphatic carbocycles. The second kappa shape index (κ2) is 8.69. The van der Waals surface area contributed by atoms with Gasteiger partial charge in [-0.3, -0.25) is 14.9 Å². The van der Waals surface area contributed by atoms with Crippen LogP contribution in [0.3, 0.4) is 0 Å². The third-order valence-electron chi connectivity index (χ3n) is 7.66. The van der Waals surface area contributed by atoms with Gasteiger partial charge in [0.2, 0.25) is 11.8 Å². The van der Waals surface area contributed by atoms with Crippen LogP contribution in [0.2, 0.25) is 0 Å². The lowest BCUT2D eigenvalue weighted by molar-refractivity contribution is -0.138. The molecule has 5 atom stereocenters. The van der Waals surface area contributed by atoms with Crippen LogP contribution in [-0.4, -0.2) is 35.2 Å². The first-order valence-electron chi connectivity index (χ1n) is 11.8. The second-order valence-corrected chi connectivity index (χ2v) is 10.2. The standard InChI is InChI=1S/C26H19F6N3O5/c1-23-10-17(39-22(38)34-14-6-4-13(5-7-14)25(27,28)29)24(2,40-23)19-18(23)20(36)35(21(19)37)15-8-3-12(11-33)16(9-15)26(30,31)32/h3-9,17-19H,10H2,1-2H3,(H,34,38)/t17-,18?,19+,23-,24+/m1/s1. The fourth-order valence-corrected chi connectivity index (χ4v) is 5.93. The van der Waals surface area contributed by atoms with Crippen molar-refractivity contribution in [3.8, 4) is 6.07 Å². The van der Waals surface area contributed by atoms with Gasteiger partial charge in [-0.1, -0.05) is 0 Å². The Morgan fingerprint density at radius 1 is 1.02 bits per heavy atom. The summed E-state index contributed by atoms with van der Waals surface area (Å²) in [6.07, 6.45) is -11.6. The molecule has 210 valence electrons. The van der Waals surface area contributed by atoms with Gasteiger partial charge < -0.3 is 9.47 Å². The van der Waals surface area contributed by atoms with Crippen molar-refractivity contribution in [1.29, 1.82) is 5.26 Å². The Labute approximate surface area is 222 Å². The lowest BCUT2D eigenvalue weighted by Gasteiger charge is -2.34. The van der Waals surface area contributed by atoms with Crippen LogP contribution in [-0.2, 0) is 31.4 Å². The molecule has 5 rings (SSSR count). The number of fused-ring (bicyclic) bond motifs is 5. The van der Waals surface area contributed by atoms with Crippen molar-refractivity contribution in [3.63, 3.8) is 0 Å². The first-order chi connectivity index (χ1) is 18.5. The van der Waals surface area contributed by atoms with Crippen molar-refractivity contribution in [2.75, 3.05) is 10.2 Å². The first kappa shape index (κ1) is 27.4. The second-order valence-electron chi connectivity index (χ2n) is 10.2. The summed E-state index contributed by atoms with van der Waals surface area (Å²) in [7, 11) is 0. The molecule has 0 aromatic heterocycles. The lowest BCUT2D eigenvalue weighted by Crippen LogP contribution is -2.51. The zero-order valence-corrected chi connectivity index (χ0v) is 20.7. The average molecular weight is 567 g/mol. The highest BCUT2D eigenvalue weighted by molar-refractivity contribution is 6.23. The largest absolute Gasteiger partial charge is 0.443 e. The molecule has 40 heavy (non-hydrogen) atoms. The number of nitrogens with zero attached hydrogens (tertiary/aromatic N) is 2. The molecule has 8 nitrogen and oxygen atoms in total. The molecule has 3 aliphatic rings. The fourth-order valence-electron chi connectivity index (χ4n) is 5.93. The quantitative estimate of drug-likeness (QED) is 0.400. The Morgan fingerprint density at radius 3 is 2.23 bits per heavy atom. The predicted octanol–water partition coefficient (Wildman–Crippen LogP) is 5.27. The van der Waals surface area contributed by atoms with Gasteiger partial charge in [0.1, 0.15) is 11.7 Å². The van der Waals surface area contributed by atoms with Crippen LogP contribution >= 0.6 is 0 Å². The predicted molar refractivity (Wildman–Crippen MR) is 123 cm³/mol. The molecule has 14 heteroatoms. The van der Waals surface area contributed by atoms with E-state index in [2.05, 4.69) is 5.32 Å². The maximum absolute atomic E-state index is 13.5. The lowest BCUT2D eigenvalue weighted by atomic mass is 9.67. The molecule has 3 aliphatic heterocycles. The van der Waals surface area contributed by atoms with Crippen molar-refractivity contribution in [1.82, 2.24) is 0 Å². The van der Waals surface area contributed by atoms with Crippen molar-refractivity contribution in [3.05, 3.63) is 59.2 Å². The van der Waals surface area contributed by atoms with Crippen LogP contribution in [0.5, 0.6) is 0 Å². The van der Waals surface area contributed by atoms with E-state index in [1.54, 1.807) is 0 Å². The maximum atomic E-state index is 13.5. The van der Waals surface area contributed by atoms with E-state index in [4.69, 9.17) is 14.7 Å². The highest BCUT2D eigenvalue weighted by Gasteiger charge is 2.77. The molecule has 2 aromatic carbocycles. The minimum Gasteiger partial charge on any atom is -0.443 e. The van der Waals surface area contributed by atoms with Gasteiger partial charge in [0.25, 0.3) is 0 Å². The Bertz CT molecular complexity index is 1470. The zero-order chi connectivity index (χ0) is 29.4. The number of halogens is 6.